The number of anilines is 3. The van der Waals surface area contributed by atoms with Crippen LogP contribution in [0.3, 0.4) is 0 Å². The van der Waals surface area contributed by atoms with Crippen molar-refractivity contribution in [3.05, 3.63) is 73.6 Å². The lowest BCUT2D eigenvalue weighted by atomic mass is 10.2. The molecule has 0 fully saturated rings. The van der Waals surface area contributed by atoms with E-state index in [1.807, 2.05) is 36.4 Å². The van der Waals surface area contributed by atoms with Crippen LogP contribution in [0.4, 0.5) is 17.1 Å². The molecular formula is C15H13N4O+. The van der Waals surface area contributed by atoms with Crippen LogP contribution >= 0.6 is 0 Å². The van der Waals surface area contributed by atoms with Crippen molar-refractivity contribution in [3.8, 4) is 0 Å². The van der Waals surface area contributed by atoms with Gasteiger partial charge in [0.2, 0.25) is 12.4 Å². The molecule has 0 saturated heterocycles. The van der Waals surface area contributed by atoms with Gasteiger partial charge in [0.25, 0.3) is 0 Å². The van der Waals surface area contributed by atoms with Crippen molar-refractivity contribution >= 4 is 17.1 Å². The SMILES string of the molecule is O[n+]1ccc(N(c2ccncc2)c2ccncc2)cc1. The number of rotatable bonds is 3. The van der Waals surface area contributed by atoms with Crippen LogP contribution in [0.25, 0.3) is 0 Å². The van der Waals surface area contributed by atoms with Crippen LogP contribution in [0.15, 0.2) is 73.6 Å². The standard InChI is InChI=1S/C15H13N4O/c20-18-11-5-15(6-12-18)19(13-1-7-16-8-2-13)14-3-9-17-10-4-14/h1-12,20H/q+1. The van der Waals surface area contributed by atoms with Crippen LogP contribution in [0.2, 0.25) is 0 Å². The fourth-order valence-electron chi connectivity index (χ4n) is 1.99. The highest BCUT2D eigenvalue weighted by Gasteiger charge is 2.13. The molecule has 0 bridgehead atoms. The first-order chi connectivity index (χ1) is 9.84. The van der Waals surface area contributed by atoms with Gasteiger partial charge in [-0.25, -0.2) is 0 Å². The number of hydrogen-bond acceptors (Lipinski definition) is 4. The minimum absolute atomic E-state index is 0.938. The maximum Gasteiger partial charge on any atom is 0.224 e. The summed E-state index contributed by atoms with van der Waals surface area (Å²) in [6.45, 7) is 0. The predicted molar refractivity (Wildman–Crippen MR) is 74.1 cm³/mol. The number of aromatic nitrogens is 3. The third-order valence-electron chi connectivity index (χ3n) is 2.90. The average molecular weight is 265 g/mol. The van der Waals surface area contributed by atoms with E-state index in [9.17, 15) is 5.21 Å². The monoisotopic (exact) mass is 265 g/mol. The Morgan fingerprint density at radius 1 is 0.700 bits per heavy atom. The fraction of sp³-hybridized carbons (Fsp3) is 0. The highest BCUT2D eigenvalue weighted by molar-refractivity contribution is 5.75. The molecule has 0 aliphatic rings. The van der Waals surface area contributed by atoms with Crippen molar-refractivity contribution < 1.29 is 9.94 Å². The maximum absolute atomic E-state index is 9.36. The Kier molecular flexibility index (Phi) is 3.24. The molecule has 3 aromatic heterocycles. The van der Waals surface area contributed by atoms with Gasteiger partial charge >= 0.3 is 0 Å². The minimum atomic E-state index is 0.938. The van der Waals surface area contributed by atoms with Gasteiger partial charge in [0.05, 0.1) is 5.69 Å². The molecule has 3 heterocycles. The molecule has 0 saturated carbocycles. The third-order valence-corrected chi connectivity index (χ3v) is 2.90. The van der Waals surface area contributed by atoms with E-state index >= 15 is 0 Å². The quantitative estimate of drug-likeness (QED) is 0.584. The first-order valence-corrected chi connectivity index (χ1v) is 6.15. The van der Waals surface area contributed by atoms with Crippen LogP contribution in [-0.4, -0.2) is 15.2 Å². The zero-order valence-electron chi connectivity index (χ0n) is 10.7. The summed E-state index contributed by atoms with van der Waals surface area (Å²) in [7, 11) is 0. The number of pyridine rings is 3. The lowest BCUT2D eigenvalue weighted by Crippen LogP contribution is -2.28. The van der Waals surface area contributed by atoms with Gasteiger partial charge in [0.1, 0.15) is 0 Å². The molecule has 0 unspecified atom stereocenters. The summed E-state index contributed by atoms with van der Waals surface area (Å²) in [5.74, 6) is 0. The molecular weight excluding hydrogens is 252 g/mol. The van der Waals surface area contributed by atoms with Crippen molar-refractivity contribution in [3.63, 3.8) is 0 Å². The Hall–Kier alpha value is -2.95. The Bertz CT molecular complexity index is 632. The molecule has 0 amide bonds. The Morgan fingerprint density at radius 3 is 1.55 bits per heavy atom. The third kappa shape index (κ3) is 2.42. The van der Waals surface area contributed by atoms with Crippen LogP contribution in [-0.2, 0) is 0 Å². The molecule has 98 valence electrons. The van der Waals surface area contributed by atoms with Crippen LogP contribution in [0.1, 0.15) is 0 Å². The van der Waals surface area contributed by atoms with Crippen molar-refractivity contribution in [2.75, 3.05) is 4.90 Å². The van der Waals surface area contributed by atoms with E-state index in [1.54, 1.807) is 37.2 Å². The Balaban J connectivity index is 2.11. The second-order valence-electron chi connectivity index (χ2n) is 4.18. The van der Waals surface area contributed by atoms with Crippen LogP contribution < -0.4 is 9.63 Å². The van der Waals surface area contributed by atoms with Crippen molar-refractivity contribution in [1.29, 1.82) is 0 Å². The van der Waals surface area contributed by atoms with Gasteiger partial charge < -0.3 is 4.90 Å². The Morgan fingerprint density at radius 2 is 1.10 bits per heavy atom. The second kappa shape index (κ2) is 5.36. The topological polar surface area (TPSA) is 53.1 Å². The first kappa shape index (κ1) is 12.1. The Labute approximate surface area is 116 Å². The summed E-state index contributed by atoms with van der Waals surface area (Å²) in [6, 6.07) is 11.4. The van der Waals surface area contributed by atoms with Gasteiger partial charge in [0, 0.05) is 53.0 Å². The molecule has 0 spiro atoms. The zero-order valence-corrected chi connectivity index (χ0v) is 10.7. The summed E-state index contributed by atoms with van der Waals surface area (Å²) in [4.78, 5) is 10.2. The predicted octanol–water partition coefficient (Wildman–Crippen LogP) is 2.47. The van der Waals surface area contributed by atoms with E-state index in [4.69, 9.17) is 0 Å². The van der Waals surface area contributed by atoms with E-state index in [0.717, 1.165) is 21.8 Å². The van der Waals surface area contributed by atoms with Gasteiger partial charge in [-0.2, -0.15) is 0 Å². The summed E-state index contributed by atoms with van der Waals surface area (Å²) in [5.41, 5.74) is 2.91. The average Bonchev–Trinajstić information content (AvgIpc) is 2.52. The molecule has 3 aromatic rings. The van der Waals surface area contributed by atoms with Crippen molar-refractivity contribution in [2.45, 2.75) is 0 Å². The van der Waals surface area contributed by atoms with Gasteiger partial charge in [0.15, 0.2) is 0 Å². The maximum atomic E-state index is 9.36. The molecule has 5 heteroatoms. The molecule has 1 N–H and O–H groups in total. The lowest BCUT2D eigenvalue weighted by Gasteiger charge is -2.24. The lowest BCUT2D eigenvalue weighted by molar-refractivity contribution is -0.904. The largest absolute Gasteiger partial charge is 0.310 e. The van der Waals surface area contributed by atoms with Gasteiger partial charge in [-0.3, -0.25) is 15.2 Å². The van der Waals surface area contributed by atoms with Gasteiger partial charge in [-0.05, 0) is 24.3 Å². The van der Waals surface area contributed by atoms with E-state index < -0.39 is 0 Å². The van der Waals surface area contributed by atoms with Crippen LogP contribution in [0, 0.1) is 0 Å². The normalized spacial score (nSPS) is 10.2. The van der Waals surface area contributed by atoms with Gasteiger partial charge in [-0.1, -0.05) is 0 Å². The fourth-order valence-corrected chi connectivity index (χ4v) is 1.99. The molecule has 0 aromatic carbocycles. The van der Waals surface area contributed by atoms with E-state index in [1.165, 1.54) is 0 Å². The number of nitrogens with zero attached hydrogens (tertiary/aromatic N) is 4. The van der Waals surface area contributed by atoms with Crippen molar-refractivity contribution in [1.82, 2.24) is 9.97 Å². The highest BCUT2D eigenvalue weighted by Crippen LogP contribution is 2.32. The summed E-state index contributed by atoms with van der Waals surface area (Å²) in [6.07, 6.45) is 10.2. The highest BCUT2D eigenvalue weighted by atomic mass is 16.5. The molecule has 5 nitrogen and oxygen atoms in total. The summed E-state index contributed by atoms with van der Waals surface area (Å²) < 4.78 is 1.01. The smallest absolute Gasteiger partial charge is 0.224 e. The van der Waals surface area contributed by atoms with Crippen LogP contribution in [0.5, 0.6) is 0 Å². The molecule has 0 aliphatic heterocycles. The van der Waals surface area contributed by atoms with Gasteiger partial charge in [-0.15, -0.1) is 0 Å². The molecule has 0 atom stereocenters. The number of hydrogen-bond donors (Lipinski definition) is 1. The second-order valence-corrected chi connectivity index (χ2v) is 4.18. The first-order valence-electron chi connectivity index (χ1n) is 6.15. The molecule has 0 aliphatic carbocycles. The molecule has 20 heavy (non-hydrogen) atoms. The molecule has 0 radical (unpaired) electrons. The summed E-state index contributed by atoms with van der Waals surface area (Å²) >= 11 is 0. The van der Waals surface area contributed by atoms with Crippen molar-refractivity contribution in [2.24, 2.45) is 0 Å². The minimum Gasteiger partial charge on any atom is -0.310 e. The van der Waals surface area contributed by atoms with E-state index in [-0.39, 0.29) is 0 Å². The molecule has 3 rings (SSSR count). The van der Waals surface area contributed by atoms with E-state index in [0.29, 0.717) is 0 Å². The summed E-state index contributed by atoms with van der Waals surface area (Å²) in [5, 5.41) is 9.36. The van der Waals surface area contributed by atoms with E-state index in [2.05, 4.69) is 14.9 Å². The zero-order chi connectivity index (χ0) is 13.8.